The topological polar surface area (TPSA) is 65.3 Å². The molecule has 0 heterocycles. The highest BCUT2D eigenvalue weighted by Gasteiger charge is 2.13. The maximum absolute atomic E-state index is 10.8. The number of anilines is 1. The Balaban J connectivity index is 3.24. The fourth-order valence-corrected chi connectivity index (χ4v) is 1.03. The summed E-state index contributed by atoms with van der Waals surface area (Å²) in [5.74, 6) is -1.04. The molecule has 0 radical (unpaired) electrons. The third-order valence-corrected chi connectivity index (χ3v) is 1.62. The van der Waals surface area contributed by atoms with E-state index in [9.17, 15) is 4.79 Å². The summed E-state index contributed by atoms with van der Waals surface area (Å²) >= 11 is 0. The maximum atomic E-state index is 10.8. The monoisotopic (exact) mass is 191 g/mol. The number of benzene rings is 1. The molecule has 1 N–H and O–H groups in total. The maximum Gasteiger partial charge on any atom is 0.337 e. The lowest BCUT2D eigenvalue weighted by atomic mass is 10.2. The van der Waals surface area contributed by atoms with Crippen LogP contribution in [0.2, 0.25) is 0 Å². The largest absolute Gasteiger partial charge is 0.478 e. The number of carbonyl (C=O) groups is 1. The molecule has 0 atom stereocenters. The van der Waals surface area contributed by atoms with Crippen LogP contribution in [0.3, 0.4) is 0 Å². The lowest BCUT2D eigenvalue weighted by molar-refractivity contribution is 0.0697. The normalized spacial score (nSPS) is 9.14. The summed E-state index contributed by atoms with van der Waals surface area (Å²) in [4.78, 5) is 10.8. The minimum absolute atomic E-state index is 0.104. The number of aromatic carboxylic acids is 1. The summed E-state index contributed by atoms with van der Waals surface area (Å²) in [6.07, 6.45) is 0. The van der Waals surface area contributed by atoms with Crippen LogP contribution in [0.5, 0.6) is 0 Å². The highest BCUT2D eigenvalue weighted by molar-refractivity contribution is 5.94. The van der Waals surface area contributed by atoms with Crippen molar-refractivity contribution in [2.24, 2.45) is 10.2 Å². The van der Waals surface area contributed by atoms with Crippen molar-refractivity contribution in [1.29, 1.82) is 0 Å². The van der Waals surface area contributed by atoms with Crippen LogP contribution >= 0.6 is 0 Å². The Labute approximate surface area is 81.0 Å². The molecule has 0 fully saturated rings. The molecule has 5 nitrogen and oxygen atoms in total. The van der Waals surface area contributed by atoms with Crippen LogP contribution in [0, 0.1) is 0 Å². The molecule has 0 saturated carbocycles. The van der Waals surface area contributed by atoms with E-state index in [1.807, 2.05) is 0 Å². The summed E-state index contributed by atoms with van der Waals surface area (Å²) in [5, 5.41) is 16.9. The first kappa shape index (κ1) is 9.91. The van der Waals surface area contributed by atoms with Gasteiger partial charge in [-0.2, -0.15) is 15.3 Å². The second-order valence-corrected chi connectivity index (χ2v) is 2.39. The molecule has 0 aromatic heterocycles. The number of para-hydroxylation sites is 1. The number of nitrogens with zero attached hydrogens (tertiary/aromatic N) is 3. The van der Waals surface area contributed by atoms with Gasteiger partial charge in [0.05, 0.1) is 5.56 Å². The lowest BCUT2D eigenvalue weighted by Crippen LogP contribution is -2.11. The fourth-order valence-electron chi connectivity index (χ4n) is 1.03. The van der Waals surface area contributed by atoms with Crippen LogP contribution in [0.1, 0.15) is 10.4 Å². The van der Waals surface area contributed by atoms with Gasteiger partial charge in [0.2, 0.25) is 0 Å². The van der Waals surface area contributed by atoms with Gasteiger partial charge in [0, 0.05) is 13.4 Å². The van der Waals surface area contributed by atoms with Crippen LogP contribution in [0.25, 0.3) is 0 Å². The van der Waals surface area contributed by atoms with Crippen LogP contribution < -0.4 is 5.12 Å². The molecule has 0 spiro atoms. The van der Waals surface area contributed by atoms with E-state index in [1.165, 1.54) is 6.07 Å². The fraction of sp³-hybridized carbons (Fsp3) is 0. The van der Waals surface area contributed by atoms with E-state index in [-0.39, 0.29) is 5.56 Å². The average Bonchev–Trinajstić information content (AvgIpc) is 2.20. The molecule has 0 aliphatic heterocycles. The van der Waals surface area contributed by atoms with E-state index >= 15 is 0 Å². The average molecular weight is 191 g/mol. The SMILES string of the molecule is C=NN(N=C)c1ccccc1C(=O)O. The molecule has 1 aromatic carbocycles. The second kappa shape index (κ2) is 4.18. The van der Waals surface area contributed by atoms with Crippen molar-refractivity contribution in [1.82, 2.24) is 0 Å². The Bertz CT molecular complexity index is 368. The zero-order chi connectivity index (χ0) is 10.6. The molecule has 1 rings (SSSR count). The van der Waals surface area contributed by atoms with Crippen molar-refractivity contribution in [3.8, 4) is 0 Å². The van der Waals surface area contributed by atoms with Crippen LogP contribution in [0.4, 0.5) is 5.69 Å². The van der Waals surface area contributed by atoms with Crippen LogP contribution in [-0.4, -0.2) is 24.5 Å². The molecule has 72 valence electrons. The lowest BCUT2D eigenvalue weighted by Gasteiger charge is -2.13. The van der Waals surface area contributed by atoms with E-state index < -0.39 is 5.97 Å². The summed E-state index contributed by atoms with van der Waals surface area (Å²) in [7, 11) is 0. The minimum Gasteiger partial charge on any atom is -0.478 e. The van der Waals surface area contributed by atoms with Gasteiger partial charge < -0.3 is 5.11 Å². The number of hydrogen-bond donors (Lipinski definition) is 1. The van der Waals surface area contributed by atoms with E-state index in [0.29, 0.717) is 5.69 Å². The predicted octanol–water partition coefficient (Wildman–Crippen LogP) is 1.42. The molecular formula is C9H9N3O2. The van der Waals surface area contributed by atoms with Crippen molar-refractivity contribution in [3.63, 3.8) is 0 Å². The molecule has 5 heteroatoms. The van der Waals surface area contributed by atoms with E-state index in [2.05, 4.69) is 23.6 Å². The van der Waals surface area contributed by atoms with Gasteiger partial charge in [-0.3, -0.25) is 0 Å². The Morgan fingerprint density at radius 1 is 1.29 bits per heavy atom. The van der Waals surface area contributed by atoms with Crippen molar-refractivity contribution >= 4 is 25.1 Å². The first-order valence-corrected chi connectivity index (χ1v) is 3.76. The van der Waals surface area contributed by atoms with Gasteiger partial charge in [-0.1, -0.05) is 12.1 Å². The van der Waals surface area contributed by atoms with Gasteiger partial charge in [-0.15, -0.1) is 0 Å². The van der Waals surface area contributed by atoms with Gasteiger partial charge in [-0.25, -0.2) is 4.79 Å². The quantitative estimate of drug-likeness (QED) is 0.578. The Kier molecular flexibility index (Phi) is 2.96. The Morgan fingerprint density at radius 2 is 1.86 bits per heavy atom. The van der Waals surface area contributed by atoms with Crippen LogP contribution in [-0.2, 0) is 0 Å². The number of hydrogen-bond acceptors (Lipinski definition) is 4. The molecule has 0 aliphatic carbocycles. The summed E-state index contributed by atoms with van der Waals surface area (Å²) in [5.41, 5.74) is 0.442. The zero-order valence-electron chi connectivity index (χ0n) is 7.42. The molecule has 14 heavy (non-hydrogen) atoms. The summed E-state index contributed by atoms with van der Waals surface area (Å²) < 4.78 is 0. The van der Waals surface area contributed by atoms with Crippen molar-refractivity contribution in [3.05, 3.63) is 29.8 Å². The first-order valence-electron chi connectivity index (χ1n) is 3.76. The first-order chi connectivity index (χ1) is 6.70. The number of rotatable bonds is 4. The zero-order valence-corrected chi connectivity index (χ0v) is 7.42. The van der Waals surface area contributed by atoms with Gasteiger partial charge in [0.1, 0.15) is 5.69 Å². The number of carboxylic acids is 1. The predicted molar refractivity (Wildman–Crippen MR) is 55.0 cm³/mol. The van der Waals surface area contributed by atoms with Crippen molar-refractivity contribution < 1.29 is 9.90 Å². The third-order valence-electron chi connectivity index (χ3n) is 1.62. The standard InChI is InChI=1S/C9H9N3O2/c1-10-12(11-2)8-6-4-3-5-7(8)9(13)14/h3-6H,1-2H2,(H,13,14). The molecule has 0 saturated heterocycles. The third kappa shape index (κ3) is 1.77. The summed E-state index contributed by atoms with van der Waals surface area (Å²) in [6.45, 7) is 6.52. The molecule has 0 unspecified atom stereocenters. The van der Waals surface area contributed by atoms with E-state index in [4.69, 9.17) is 5.11 Å². The highest BCUT2D eigenvalue weighted by atomic mass is 16.4. The van der Waals surface area contributed by atoms with Crippen LogP contribution in [0.15, 0.2) is 34.5 Å². The summed E-state index contributed by atoms with van der Waals surface area (Å²) in [6, 6.07) is 6.34. The Morgan fingerprint density at radius 3 is 2.36 bits per heavy atom. The highest BCUT2D eigenvalue weighted by Crippen LogP contribution is 2.20. The van der Waals surface area contributed by atoms with Crippen molar-refractivity contribution in [2.45, 2.75) is 0 Å². The smallest absolute Gasteiger partial charge is 0.337 e. The van der Waals surface area contributed by atoms with Gasteiger partial charge in [-0.05, 0) is 12.1 Å². The molecule has 0 amide bonds. The van der Waals surface area contributed by atoms with E-state index in [0.717, 1.165) is 5.12 Å². The Hall–Kier alpha value is -2.17. The van der Waals surface area contributed by atoms with Gasteiger partial charge in [0.25, 0.3) is 0 Å². The number of hydrazone groups is 2. The van der Waals surface area contributed by atoms with Gasteiger partial charge >= 0.3 is 5.97 Å². The molecule has 0 bridgehead atoms. The molecule has 1 aromatic rings. The minimum atomic E-state index is -1.04. The van der Waals surface area contributed by atoms with Crippen molar-refractivity contribution in [2.75, 3.05) is 5.12 Å². The van der Waals surface area contributed by atoms with Gasteiger partial charge in [0.15, 0.2) is 0 Å². The second-order valence-electron chi connectivity index (χ2n) is 2.39. The molecular weight excluding hydrogens is 182 g/mol. The van der Waals surface area contributed by atoms with E-state index in [1.54, 1.807) is 18.2 Å². The molecule has 0 aliphatic rings. The number of carboxylic acid groups (broad SMARTS) is 1.